The molecule has 0 aliphatic rings. The number of benzene rings is 2. The third-order valence-corrected chi connectivity index (χ3v) is 4.50. The van der Waals surface area contributed by atoms with Crippen LogP contribution in [-0.4, -0.2) is 16.1 Å². The minimum Gasteiger partial charge on any atom is -0.367 e. The average Bonchev–Trinajstić information content (AvgIpc) is 2.68. The molecule has 3 aromatic rings. The number of rotatable bonds is 5. The summed E-state index contributed by atoms with van der Waals surface area (Å²) in [6, 6.07) is 14.4. The van der Waals surface area contributed by atoms with E-state index in [1.54, 1.807) is 0 Å². The average molecular weight is 419 g/mol. The molecule has 2 aromatic carbocycles. The van der Waals surface area contributed by atoms with E-state index in [0.29, 0.717) is 0 Å². The minimum atomic E-state index is -4.65. The predicted octanol–water partition coefficient (Wildman–Crippen LogP) is 4.57. The summed E-state index contributed by atoms with van der Waals surface area (Å²) in [6.45, 7) is 0.114. The summed E-state index contributed by atoms with van der Waals surface area (Å²) in [4.78, 5) is 16.3. The van der Waals surface area contributed by atoms with Gasteiger partial charge in [0.1, 0.15) is 18.1 Å². The van der Waals surface area contributed by atoms with Gasteiger partial charge < -0.3 is 9.88 Å². The van der Waals surface area contributed by atoms with Crippen molar-refractivity contribution in [2.75, 3.05) is 11.9 Å². The molecule has 29 heavy (non-hydrogen) atoms. The van der Waals surface area contributed by atoms with Crippen molar-refractivity contribution in [1.29, 1.82) is 5.26 Å². The fraction of sp³-hybridized carbons (Fsp3) is 0.150. The van der Waals surface area contributed by atoms with E-state index in [-0.39, 0.29) is 30.2 Å². The Hall–Kier alpha value is -3.31. The first-order valence-electron chi connectivity index (χ1n) is 8.43. The molecule has 0 radical (unpaired) electrons. The predicted molar refractivity (Wildman–Crippen MR) is 104 cm³/mol. The van der Waals surface area contributed by atoms with Gasteiger partial charge >= 0.3 is 6.18 Å². The second-order valence-corrected chi connectivity index (χ2v) is 6.45. The summed E-state index contributed by atoms with van der Waals surface area (Å²) < 4.78 is 41.3. The van der Waals surface area contributed by atoms with Crippen LogP contribution in [0.3, 0.4) is 0 Å². The molecule has 0 spiro atoms. The highest BCUT2D eigenvalue weighted by atomic mass is 35.5. The van der Waals surface area contributed by atoms with Crippen LogP contribution in [0.25, 0.3) is 11.4 Å². The van der Waals surface area contributed by atoms with E-state index in [1.165, 1.54) is 22.9 Å². The number of alkyl halides is 3. The monoisotopic (exact) mass is 418 g/mol. The standard InChI is InChI=1S/C20H14ClF3N4O/c21-17-14(7-4-8-15(17)20(22,23)24)18-27-19(29)16(26-10-9-25)12-28(18)11-13-5-2-1-3-6-13/h1-8,12,26H,10-11H2. The van der Waals surface area contributed by atoms with Crippen molar-refractivity contribution in [2.45, 2.75) is 12.7 Å². The smallest absolute Gasteiger partial charge is 0.367 e. The molecule has 9 heteroatoms. The van der Waals surface area contributed by atoms with Crippen LogP contribution < -0.4 is 10.9 Å². The molecule has 0 unspecified atom stereocenters. The Kier molecular flexibility index (Phi) is 5.89. The van der Waals surface area contributed by atoms with Gasteiger partial charge in [-0.2, -0.15) is 23.4 Å². The molecule has 1 aromatic heterocycles. The van der Waals surface area contributed by atoms with Crippen molar-refractivity contribution in [3.8, 4) is 17.5 Å². The van der Waals surface area contributed by atoms with Crippen molar-refractivity contribution in [2.24, 2.45) is 0 Å². The highest BCUT2D eigenvalue weighted by molar-refractivity contribution is 6.34. The molecule has 5 nitrogen and oxygen atoms in total. The third kappa shape index (κ3) is 4.58. The van der Waals surface area contributed by atoms with Gasteiger partial charge in [0.15, 0.2) is 0 Å². The van der Waals surface area contributed by atoms with Crippen LogP contribution in [0.2, 0.25) is 5.02 Å². The van der Waals surface area contributed by atoms with E-state index in [1.807, 2.05) is 36.4 Å². The number of hydrogen-bond donors (Lipinski definition) is 1. The number of nitrogens with zero attached hydrogens (tertiary/aromatic N) is 3. The van der Waals surface area contributed by atoms with Crippen LogP contribution in [0, 0.1) is 11.3 Å². The lowest BCUT2D eigenvalue weighted by molar-refractivity contribution is -0.137. The lowest BCUT2D eigenvalue weighted by Gasteiger charge is -2.17. The first-order chi connectivity index (χ1) is 13.8. The molecule has 0 saturated carbocycles. The normalized spacial score (nSPS) is 11.1. The van der Waals surface area contributed by atoms with Crippen molar-refractivity contribution in [3.05, 3.63) is 81.2 Å². The van der Waals surface area contributed by atoms with Crippen LogP contribution in [-0.2, 0) is 12.7 Å². The van der Waals surface area contributed by atoms with Gasteiger partial charge in [0.2, 0.25) is 0 Å². The summed E-state index contributed by atoms with van der Waals surface area (Å²) in [5.74, 6) is -0.00235. The fourth-order valence-electron chi connectivity index (χ4n) is 2.79. The number of aromatic nitrogens is 2. The highest BCUT2D eigenvalue weighted by Gasteiger charge is 2.34. The maximum absolute atomic E-state index is 13.3. The van der Waals surface area contributed by atoms with E-state index in [0.717, 1.165) is 11.6 Å². The Morgan fingerprint density at radius 3 is 2.52 bits per heavy atom. The Bertz CT molecular complexity index is 1120. The number of anilines is 1. The van der Waals surface area contributed by atoms with Gasteiger partial charge in [-0.1, -0.05) is 48.0 Å². The van der Waals surface area contributed by atoms with Crippen molar-refractivity contribution in [3.63, 3.8) is 0 Å². The molecule has 0 aliphatic heterocycles. The number of nitriles is 1. The molecule has 148 valence electrons. The van der Waals surface area contributed by atoms with Gasteiger partial charge in [0.05, 0.1) is 16.7 Å². The Balaban J connectivity index is 2.19. The van der Waals surface area contributed by atoms with E-state index in [4.69, 9.17) is 16.9 Å². The van der Waals surface area contributed by atoms with Gasteiger partial charge in [-0.25, -0.2) is 0 Å². The molecule has 0 amide bonds. The van der Waals surface area contributed by atoms with E-state index in [9.17, 15) is 18.0 Å². The zero-order valence-corrected chi connectivity index (χ0v) is 15.6. The van der Waals surface area contributed by atoms with E-state index >= 15 is 0 Å². The van der Waals surface area contributed by atoms with Crippen LogP contribution in [0.4, 0.5) is 18.9 Å². The molecule has 1 N–H and O–H groups in total. The topological polar surface area (TPSA) is 70.7 Å². The molecule has 0 fully saturated rings. The second kappa shape index (κ2) is 8.37. The Morgan fingerprint density at radius 2 is 1.86 bits per heavy atom. The van der Waals surface area contributed by atoms with Crippen LogP contribution in [0.5, 0.6) is 0 Å². The van der Waals surface area contributed by atoms with Gasteiger partial charge in [0, 0.05) is 18.3 Å². The first kappa shape index (κ1) is 20.4. The molecule has 0 bridgehead atoms. The molecule has 3 rings (SSSR count). The summed E-state index contributed by atoms with van der Waals surface area (Å²) in [5.41, 5.74) is -0.818. The highest BCUT2D eigenvalue weighted by Crippen LogP contribution is 2.39. The Labute approximate surface area is 169 Å². The van der Waals surface area contributed by atoms with Gasteiger partial charge in [-0.15, -0.1) is 0 Å². The Morgan fingerprint density at radius 1 is 1.14 bits per heavy atom. The number of hydrogen-bond acceptors (Lipinski definition) is 4. The fourth-order valence-corrected chi connectivity index (χ4v) is 3.11. The molecule has 0 aliphatic carbocycles. The van der Waals surface area contributed by atoms with Gasteiger partial charge in [-0.05, 0) is 17.7 Å². The van der Waals surface area contributed by atoms with Crippen LogP contribution in [0.15, 0.2) is 59.5 Å². The minimum absolute atomic E-state index is 0.00235. The largest absolute Gasteiger partial charge is 0.417 e. The van der Waals surface area contributed by atoms with Crippen molar-refractivity contribution in [1.82, 2.24) is 9.55 Å². The second-order valence-electron chi connectivity index (χ2n) is 6.07. The number of nitrogens with one attached hydrogen (secondary N) is 1. The van der Waals surface area contributed by atoms with Crippen LogP contribution in [0.1, 0.15) is 11.1 Å². The maximum Gasteiger partial charge on any atom is 0.417 e. The van der Waals surface area contributed by atoms with Gasteiger partial charge in [0.25, 0.3) is 5.56 Å². The molecule has 1 heterocycles. The van der Waals surface area contributed by atoms with Crippen LogP contribution >= 0.6 is 11.6 Å². The third-order valence-electron chi connectivity index (χ3n) is 4.09. The summed E-state index contributed by atoms with van der Waals surface area (Å²) in [5, 5.41) is 10.8. The van der Waals surface area contributed by atoms with Crippen molar-refractivity contribution < 1.29 is 13.2 Å². The van der Waals surface area contributed by atoms with Crippen molar-refractivity contribution >= 4 is 17.3 Å². The zero-order valence-electron chi connectivity index (χ0n) is 14.9. The first-order valence-corrected chi connectivity index (χ1v) is 8.81. The lowest BCUT2D eigenvalue weighted by atomic mass is 10.1. The van der Waals surface area contributed by atoms with E-state index < -0.39 is 22.3 Å². The molecular formula is C20H14ClF3N4O. The summed E-state index contributed by atoms with van der Waals surface area (Å²) in [7, 11) is 0. The SMILES string of the molecule is N#CCNc1cn(Cc2ccccc2)c(-c2cccc(C(F)(F)F)c2Cl)nc1=O. The number of halogens is 4. The molecule has 0 saturated heterocycles. The van der Waals surface area contributed by atoms with E-state index in [2.05, 4.69) is 10.3 Å². The molecular weight excluding hydrogens is 405 g/mol. The van der Waals surface area contributed by atoms with Gasteiger partial charge in [-0.3, -0.25) is 4.79 Å². The summed E-state index contributed by atoms with van der Waals surface area (Å²) >= 11 is 6.04. The zero-order chi connectivity index (χ0) is 21.0. The summed E-state index contributed by atoms with van der Waals surface area (Å²) in [6.07, 6.45) is -3.22. The lowest BCUT2D eigenvalue weighted by Crippen LogP contribution is -2.21. The maximum atomic E-state index is 13.3. The molecule has 0 atom stereocenters. The quantitative estimate of drug-likeness (QED) is 0.616.